The van der Waals surface area contributed by atoms with Gasteiger partial charge in [0, 0.05) is 31.3 Å². The van der Waals surface area contributed by atoms with E-state index in [9.17, 15) is 4.79 Å². The molecule has 2 aromatic carbocycles. The van der Waals surface area contributed by atoms with Gasteiger partial charge in [0.25, 0.3) is 5.91 Å². The highest BCUT2D eigenvalue weighted by Gasteiger charge is 2.25. The van der Waals surface area contributed by atoms with Crippen LogP contribution in [0.15, 0.2) is 66.9 Å². The third-order valence-electron chi connectivity index (χ3n) is 5.61. The van der Waals surface area contributed by atoms with Crippen molar-refractivity contribution in [2.45, 2.75) is 38.4 Å². The number of nitrogens with one attached hydrogen (secondary N) is 1. The van der Waals surface area contributed by atoms with E-state index in [2.05, 4.69) is 45.7 Å². The molecule has 1 aliphatic rings. The van der Waals surface area contributed by atoms with Crippen LogP contribution in [0.5, 0.6) is 0 Å². The second kappa shape index (κ2) is 10.1. The molecule has 0 radical (unpaired) electrons. The van der Waals surface area contributed by atoms with Crippen molar-refractivity contribution in [3.05, 3.63) is 89.3 Å². The number of carbonyl (C=O) groups excluding carboxylic acids is 1. The fourth-order valence-electron chi connectivity index (χ4n) is 4.02. The number of rotatable bonds is 8. The molecule has 160 valence electrons. The van der Waals surface area contributed by atoms with Crippen molar-refractivity contribution in [1.82, 2.24) is 25.4 Å². The highest BCUT2D eigenvalue weighted by molar-refractivity contribution is 5.90. The fraction of sp³-hybridized carbons (Fsp3) is 0.292. The Morgan fingerprint density at radius 1 is 1.13 bits per heavy atom. The quantitative estimate of drug-likeness (QED) is 0.334. The van der Waals surface area contributed by atoms with Crippen LogP contribution in [0.2, 0.25) is 0 Å². The molecule has 0 spiro atoms. The highest BCUT2D eigenvalue weighted by atomic mass is 16.5. The molecule has 0 saturated carbocycles. The summed E-state index contributed by atoms with van der Waals surface area (Å²) in [6, 6.07) is 18.9. The van der Waals surface area contributed by atoms with E-state index in [1.54, 1.807) is 11.6 Å². The van der Waals surface area contributed by atoms with Gasteiger partial charge in [-0.1, -0.05) is 59.8 Å². The molecule has 7 heteroatoms. The van der Waals surface area contributed by atoms with Gasteiger partial charge in [0.1, 0.15) is 0 Å². The number of nitrogens with zero attached hydrogens (tertiary/aromatic N) is 4. The number of hydrogen-bond donors (Lipinski definition) is 2. The summed E-state index contributed by atoms with van der Waals surface area (Å²) in [5.41, 5.74) is 5.98. The Morgan fingerprint density at radius 3 is 2.71 bits per heavy atom. The first kappa shape index (κ1) is 21.0. The van der Waals surface area contributed by atoms with Crippen LogP contribution in [0, 0.1) is 0 Å². The van der Waals surface area contributed by atoms with E-state index in [1.165, 1.54) is 23.6 Å². The lowest BCUT2D eigenvalue weighted by Crippen LogP contribution is -2.32. The van der Waals surface area contributed by atoms with Crippen LogP contribution < -0.4 is 5.48 Å². The van der Waals surface area contributed by atoms with Gasteiger partial charge in [0.2, 0.25) is 0 Å². The molecule has 4 rings (SSSR count). The van der Waals surface area contributed by atoms with E-state index >= 15 is 0 Å². The van der Waals surface area contributed by atoms with Crippen LogP contribution in [0.3, 0.4) is 0 Å². The van der Waals surface area contributed by atoms with Gasteiger partial charge in [-0.25, -0.2) is 5.48 Å². The maximum atomic E-state index is 11.1. The van der Waals surface area contributed by atoms with Crippen molar-refractivity contribution < 1.29 is 10.0 Å². The summed E-state index contributed by atoms with van der Waals surface area (Å²) in [5, 5.41) is 17.3. The van der Waals surface area contributed by atoms with Crippen LogP contribution in [0.1, 0.15) is 35.2 Å². The van der Waals surface area contributed by atoms with E-state index in [4.69, 9.17) is 5.21 Å². The molecule has 2 N–H and O–H groups in total. The zero-order chi connectivity index (χ0) is 21.5. The van der Waals surface area contributed by atoms with Gasteiger partial charge >= 0.3 is 0 Å². The molecule has 1 unspecified atom stereocenters. The number of amides is 1. The largest absolute Gasteiger partial charge is 0.294 e. The van der Waals surface area contributed by atoms with Crippen LogP contribution >= 0.6 is 0 Å². The Labute approximate surface area is 182 Å². The maximum absolute atomic E-state index is 11.1. The van der Waals surface area contributed by atoms with E-state index in [0.717, 1.165) is 43.7 Å². The first-order valence-electron chi connectivity index (χ1n) is 10.6. The Hall–Kier alpha value is -3.29. The Bertz CT molecular complexity index is 1010. The normalized spacial score (nSPS) is 16.7. The molecule has 1 amide bonds. The number of carbonyl (C=O) groups is 1. The molecule has 1 aliphatic heterocycles. The molecule has 1 saturated heterocycles. The average molecular weight is 418 g/mol. The van der Waals surface area contributed by atoms with Crippen LogP contribution in [-0.4, -0.2) is 43.6 Å². The minimum atomic E-state index is -0.538. The highest BCUT2D eigenvalue weighted by Crippen LogP contribution is 2.22. The number of likely N-dealkylation sites (tertiary alicyclic amines) is 1. The molecule has 1 aromatic heterocycles. The number of hydroxylamine groups is 1. The molecule has 1 fully saturated rings. The average Bonchev–Trinajstić information content (AvgIpc) is 3.43. The van der Waals surface area contributed by atoms with E-state index < -0.39 is 5.91 Å². The Morgan fingerprint density at radius 2 is 1.94 bits per heavy atom. The van der Waals surface area contributed by atoms with Gasteiger partial charge in [-0.3, -0.25) is 19.6 Å². The summed E-state index contributed by atoms with van der Waals surface area (Å²) in [7, 11) is 0. The predicted molar refractivity (Wildman–Crippen MR) is 118 cm³/mol. The van der Waals surface area contributed by atoms with Gasteiger partial charge in [-0.15, -0.1) is 5.10 Å². The summed E-state index contributed by atoms with van der Waals surface area (Å²) in [6.07, 6.45) is 8.18. The van der Waals surface area contributed by atoms with Gasteiger partial charge in [-0.2, -0.15) is 0 Å². The Balaban J connectivity index is 1.33. The second-order valence-corrected chi connectivity index (χ2v) is 7.91. The standard InChI is InChI=1S/C24H27N5O2/c30-24(26-31)13-12-19-8-10-21(11-9-19)16-28-14-4-7-23(28)18-29-17-22(25-27-29)15-20-5-2-1-3-6-20/h1-3,5-6,8-13,17,23,31H,4,7,14-16,18H2,(H,26,30)/b13-12+. The van der Waals surface area contributed by atoms with Crippen molar-refractivity contribution in [3.63, 3.8) is 0 Å². The van der Waals surface area contributed by atoms with E-state index in [-0.39, 0.29) is 0 Å². The third kappa shape index (κ3) is 5.87. The van der Waals surface area contributed by atoms with E-state index in [1.807, 2.05) is 35.0 Å². The molecular weight excluding hydrogens is 390 g/mol. The smallest absolute Gasteiger partial charge is 0.267 e. The lowest BCUT2D eigenvalue weighted by Gasteiger charge is -2.24. The zero-order valence-corrected chi connectivity index (χ0v) is 17.4. The zero-order valence-electron chi connectivity index (χ0n) is 17.4. The molecule has 31 heavy (non-hydrogen) atoms. The van der Waals surface area contributed by atoms with Crippen molar-refractivity contribution >= 4 is 12.0 Å². The molecule has 0 bridgehead atoms. The van der Waals surface area contributed by atoms with Gasteiger partial charge in [0.05, 0.1) is 12.2 Å². The molecule has 1 atom stereocenters. The minimum absolute atomic E-state index is 0.444. The lowest BCUT2D eigenvalue weighted by molar-refractivity contribution is -0.124. The topological polar surface area (TPSA) is 83.3 Å². The summed E-state index contributed by atoms with van der Waals surface area (Å²) >= 11 is 0. The summed E-state index contributed by atoms with van der Waals surface area (Å²) in [5.74, 6) is -0.538. The Kier molecular flexibility index (Phi) is 6.86. The van der Waals surface area contributed by atoms with Crippen molar-refractivity contribution in [2.24, 2.45) is 0 Å². The minimum Gasteiger partial charge on any atom is -0.294 e. The number of aromatic nitrogens is 3. The van der Waals surface area contributed by atoms with Crippen LogP contribution in [-0.2, 0) is 24.3 Å². The SMILES string of the molecule is O=C(/C=C/c1ccc(CN2CCCC2Cn2cc(Cc3ccccc3)nn2)cc1)NO. The number of hydrogen-bond acceptors (Lipinski definition) is 5. The molecule has 7 nitrogen and oxygen atoms in total. The fourth-order valence-corrected chi connectivity index (χ4v) is 4.02. The maximum Gasteiger partial charge on any atom is 0.267 e. The van der Waals surface area contributed by atoms with Crippen LogP contribution in [0.25, 0.3) is 6.08 Å². The molecule has 3 aromatic rings. The first-order valence-corrected chi connectivity index (χ1v) is 10.6. The summed E-state index contributed by atoms with van der Waals surface area (Å²) in [4.78, 5) is 13.6. The van der Waals surface area contributed by atoms with Crippen molar-refractivity contribution in [3.8, 4) is 0 Å². The summed E-state index contributed by atoms with van der Waals surface area (Å²) < 4.78 is 1.97. The third-order valence-corrected chi connectivity index (χ3v) is 5.61. The first-order chi connectivity index (χ1) is 15.2. The van der Waals surface area contributed by atoms with Gasteiger partial charge < -0.3 is 0 Å². The van der Waals surface area contributed by atoms with Gasteiger partial charge in [0.15, 0.2) is 0 Å². The lowest BCUT2D eigenvalue weighted by atomic mass is 10.1. The summed E-state index contributed by atoms with van der Waals surface area (Å²) in [6.45, 7) is 2.81. The second-order valence-electron chi connectivity index (χ2n) is 7.91. The van der Waals surface area contributed by atoms with Crippen molar-refractivity contribution in [1.29, 1.82) is 0 Å². The van der Waals surface area contributed by atoms with Gasteiger partial charge in [-0.05, 0) is 42.2 Å². The molecular formula is C24H27N5O2. The molecule has 0 aliphatic carbocycles. The monoisotopic (exact) mass is 417 g/mol. The van der Waals surface area contributed by atoms with E-state index in [0.29, 0.717) is 6.04 Å². The van der Waals surface area contributed by atoms with Crippen LogP contribution in [0.4, 0.5) is 0 Å². The number of benzene rings is 2. The predicted octanol–water partition coefficient (Wildman–Crippen LogP) is 3.05. The molecule has 2 heterocycles. The van der Waals surface area contributed by atoms with Crippen molar-refractivity contribution in [2.75, 3.05) is 6.54 Å².